The fraction of sp³-hybridized carbons (Fsp3) is 0.391. The normalized spacial score (nSPS) is 15.1. The minimum atomic E-state index is -0.756. The Balaban J connectivity index is 1.49. The molecule has 0 aromatic heterocycles. The molecule has 0 saturated heterocycles. The highest BCUT2D eigenvalue weighted by Crippen LogP contribution is 2.35. The molecule has 160 valence electrons. The lowest BCUT2D eigenvalue weighted by Gasteiger charge is -2.29. The summed E-state index contributed by atoms with van der Waals surface area (Å²) in [5.41, 5.74) is 3.49. The standard InChI is InChI=1S/C23H28BrN3O3/c24-18-9-11-19(12-10-18)26-23(30)25-14-4-16-27(15-3-7-22(28)29)21-13-8-17-5-1-2-6-20(17)21/h1-2,5-6,9-12,21H,3-4,7-8,13-16H2,(H,28,29)(H2,25,26,30). The van der Waals surface area contributed by atoms with Crippen molar-refractivity contribution in [3.8, 4) is 0 Å². The molecule has 1 aliphatic rings. The molecule has 2 aromatic carbocycles. The van der Waals surface area contributed by atoms with Crippen molar-refractivity contribution >= 4 is 33.6 Å². The first-order valence-electron chi connectivity index (χ1n) is 10.4. The molecule has 7 heteroatoms. The van der Waals surface area contributed by atoms with Gasteiger partial charge >= 0.3 is 12.0 Å². The molecule has 6 nitrogen and oxygen atoms in total. The number of aryl methyl sites for hydroxylation is 1. The third-order valence-corrected chi connectivity index (χ3v) is 5.92. The number of halogens is 1. The van der Waals surface area contributed by atoms with Crippen LogP contribution in [0.3, 0.4) is 0 Å². The molecular formula is C23H28BrN3O3. The monoisotopic (exact) mass is 473 g/mol. The Labute approximate surface area is 185 Å². The first kappa shape index (κ1) is 22.3. The van der Waals surface area contributed by atoms with Crippen LogP contribution < -0.4 is 10.6 Å². The van der Waals surface area contributed by atoms with E-state index in [2.05, 4.69) is 55.7 Å². The van der Waals surface area contributed by atoms with E-state index in [0.29, 0.717) is 19.0 Å². The number of amides is 2. The fourth-order valence-corrected chi connectivity index (χ4v) is 4.23. The number of carboxylic acid groups (broad SMARTS) is 1. The lowest BCUT2D eigenvalue weighted by molar-refractivity contribution is -0.137. The van der Waals surface area contributed by atoms with Gasteiger partial charge < -0.3 is 15.7 Å². The number of nitrogens with zero attached hydrogens (tertiary/aromatic N) is 1. The fourth-order valence-electron chi connectivity index (χ4n) is 3.96. The predicted octanol–water partition coefficient (Wildman–Crippen LogP) is 4.82. The molecule has 3 rings (SSSR count). The van der Waals surface area contributed by atoms with Crippen LogP contribution in [0.4, 0.5) is 10.5 Å². The second kappa shape index (κ2) is 11.1. The molecule has 0 bridgehead atoms. The SMILES string of the molecule is O=C(O)CCCN(CCCNC(=O)Nc1ccc(Br)cc1)C1CCc2ccccc21. The van der Waals surface area contributed by atoms with Crippen molar-refractivity contribution in [1.82, 2.24) is 10.2 Å². The number of nitrogens with one attached hydrogen (secondary N) is 2. The predicted molar refractivity (Wildman–Crippen MR) is 122 cm³/mol. The van der Waals surface area contributed by atoms with Gasteiger partial charge in [0.2, 0.25) is 0 Å². The van der Waals surface area contributed by atoms with E-state index in [0.717, 1.165) is 42.5 Å². The summed E-state index contributed by atoms with van der Waals surface area (Å²) in [6, 6.07) is 16.0. The quantitative estimate of drug-likeness (QED) is 0.432. The molecule has 2 amide bonds. The number of carbonyl (C=O) groups is 2. The molecule has 0 fully saturated rings. The topological polar surface area (TPSA) is 81.7 Å². The van der Waals surface area contributed by atoms with E-state index in [4.69, 9.17) is 5.11 Å². The van der Waals surface area contributed by atoms with Crippen molar-refractivity contribution in [2.24, 2.45) is 0 Å². The maximum Gasteiger partial charge on any atom is 0.319 e. The third kappa shape index (κ3) is 6.57. The number of fused-ring (bicyclic) bond motifs is 1. The Bertz CT molecular complexity index is 857. The van der Waals surface area contributed by atoms with Crippen LogP contribution in [0.1, 0.15) is 42.9 Å². The first-order chi connectivity index (χ1) is 14.5. The molecule has 0 spiro atoms. The molecule has 0 aliphatic heterocycles. The average Bonchev–Trinajstić information content (AvgIpc) is 3.15. The van der Waals surface area contributed by atoms with Crippen LogP contribution in [0, 0.1) is 0 Å². The average molecular weight is 474 g/mol. The smallest absolute Gasteiger partial charge is 0.319 e. The lowest BCUT2D eigenvalue weighted by atomic mass is 10.1. The first-order valence-corrected chi connectivity index (χ1v) is 11.2. The Kier molecular flexibility index (Phi) is 8.28. The van der Waals surface area contributed by atoms with E-state index < -0.39 is 5.97 Å². The van der Waals surface area contributed by atoms with Gasteiger partial charge in [-0.05, 0) is 67.6 Å². The van der Waals surface area contributed by atoms with Gasteiger partial charge in [-0.1, -0.05) is 40.2 Å². The molecule has 0 radical (unpaired) electrons. The van der Waals surface area contributed by atoms with Crippen LogP contribution in [-0.2, 0) is 11.2 Å². The van der Waals surface area contributed by atoms with Crippen molar-refractivity contribution < 1.29 is 14.7 Å². The van der Waals surface area contributed by atoms with Crippen molar-refractivity contribution in [3.05, 3.63) is 64.1 Å². The van der Waals surface area contributed by atoms with Gasteiger partial charge in [0.15, 0.2) is 0 Å². The zero-order valence-corrected chi connectivity index (χ0v) is 18.5. The minimum absolute atomic E-state index is 0.179. The maximum atomic E-state index is 12.1. The summed E-state index contributed by atoms with van der Waals surface area (Å²) >= 11 is 3.37. The van der Waals surface area contributed by atoms with Gasteiger partial charge in [0, 0.05) is 35.7 Å². The van der Waals surface area contributed by atoms with Crippen molar-refractivity contribution in [3.63, 3.8) is 0 Å². The van der Waals surface area contributed by atoms with Crippen molar-refractivity contribution in [2.45, 2.75) is 38.1 Å². The van der Waals surface area contributed by atoms with Crippen LogP contribution >= 0.6 is 15.9 Å². The van der Waals surface area contributed by atoms with E-state index in [1.54, 1.807) is 0 Å². The van der Waals surface area contributed by atoms with E-state index >= 15 is 0 Å². The number of urea groups is 1. The maximum absolute atomic E-state index is 12.1. The Morgan fingerprint density at radius 2 is 1.80 bits per heavy atom. The largest absolute Gasteiger partial charge is 0.481 e. The van der Waals surface area contributed by atoms with Gasteiger partial charge in [0.25, 0.3) is 0 Å². The van der Waals surface area contributed by atoms with E-state index in [9.17, 15) is 9.59 Å². The number of aliphatic carboxylic acids is 1. The Morgan fingerprint density at radius 3 is 2.57 bits per heavy atom. The molecule has 1 aliphatic carbocycles. The highest BCUT2D eigenvalue weighted by atomic mass is 79.9. The number of benzene rings is 2. The van der Waals surface area contributed by atoms with Gasteiger partial charge in [0.05, 0.1) is 0 Å². The van der Waals surface area contributed by atoms with Crippen LogP contribution in [0.25, 0.3) is 0 Å². The highest BCUT2D eigenvalue weighted by Gasteiger charge is 2.27. The van der Waals surface area contributed by atoms with Crippen molar-refractivity contribution in [1.29, 1.82) is 0 Å². The molecule has 0 saturated carbocycles. The summed E-state index contributed by atoms with van der Waals surface area (Å²) in [5, 5.41) is 14.7. The summed E-state index contributed by atoms with van der Waals surface area (Å²) in [6.07, 6.45) is 3.73. The summed E-state index contributed by atoms with van der Waals surface area (Å²) in [5.74, 6) is -0.756. The molecule has 1 atom stereocenters. The summed E-state index contributed by atoms with van der Waals surface area (Å²) in [6.45, 7) is 2.12. The summed E-state index contributed by atoms with van der Waals surface area (Å²) in [7, 11) is 0. The van der Waals surface area contributed by atoms with Gasteiger partial charge in [-0.15, -0.1) is 0 Å². The summed E-state index contributed by atoms with van der Waals surface area (Å²) < 4.78 is 0.963. The van der Waals surface area contributed by atoms with Gasteiger partial charge in [-0.25, -0.2) is 4.79 Å². The van der Waals surface area contributed by atoms with Crippen LogP contribution in [0.15, 0.2) is 53.0 Å². The molecule has 1 unspecified atom stereocenters. The number of carboxylic acids is 1. The number of anilines is 1. The highest BCUT2D eigenvalue weighted by molar-refractivity contribution is 9.10. The Morgan fingerprint density at radius 1 is 1.07 bits per heavy atom. The van der Waals surface area contributed by atoms with E-state index in [1.807, 2.05) is 24.3 Å². The zero-order chi connectivity index (χ0) is 21.3. The number of rotatable bonds is 10. The zero-order valence-electron chi connectivity index (χ0n) is 16.9. The Hall–Kier alpha value is -2.38. The van der Waals surface area contributed by atoms with Crippen LogP contribution in [-0.4, -0.2) is 41.6 Å². The van der Waals surface area contributed by atoms with Crippen molar-refractivity contribution in [2.75, 3.05) is 25.0 Å². The summed E-state index contributed by atoms with van der Waals surface area (Å²) in [4.78, 5) is 25.4. The van der Waals surface area contributed by atoms with Crippen LogP contribution in [0.2, 0.25) is 0 Å². The second-order valence-electron chi connectivity index (χ2n) is 7.53. The molecule has 0 heterocycles. The second-order valence-corrected chi connectivity index (χ2v) is 8.44. The molecule has 3 N–H and O–H groups in total. The van der Waals surface area contributed by atoms with Gasteiger partial charge in [-0.3, -0.25) is 9.69 Å². The molecule has 2 aromatic rings. The number of hydrogen-bond acceptors (Lipinski definition) is 3. The molecular weight excluding hydrogens is 446 g/mol. The third-order valence-electron chi connectivity index (χ3n) is 5.39. The minimum Gasteiger partial charge on any atom is -0.481 e. The number of carbonyl (C=O) groups excluding carboxylic acids is 1. The van der Waals surface area contributed by atoms with Crippen LogP contribution in [0.5, 0.6) is 0 Å². The van der Waals surface area contributed by atoms with Gasteiger partial charge in [0.1, 0.15) is 0 Å². The van der Waals surface area contributed by atoms with E-state index in [-0.39, 0.29) is 12.5 Å². The number of hydrogen-bond donors (Lipinski definition) is 3. The van der Waals surface area contributed by atoms with E-state index in [1.165, 1.54) is 11.1 Å². The van der Waals surface area contributed by atoms with Gasteiger partial charge in [-0.2, -0.15) is 0 Å². The molecule has 30 heavy (non-hydrogen) atoms. The lowest BCUT2D eigenvalue weighted by Crippen LogP contribution is -2.34.